The number of aromatic nitrogens is 2. The molecular formula is C14H18N4O3. The van der Waals surface area contributed by atoms with Crippen molar-refractivity contribution in [1.82, 2.24) is 9.78 Å². The van der Waals surface area contributed by atoms with E-state index in [0.29, 0.717) is 17.8 Å². The fourth-order valence-electron chi connectivity index (χ4n) is 2.18. The van der Waals surface area contributed by atoms with Crippen molar-refractivity contribution >= 4 is 11.4 Å². The van der Waals surface area contributed by atoms with Crippen LogP contribution in [0.3, 0.4) is 0 Å². The molecule has 0 aliphatic carbocycles. The van der Waals surface area contributed by atoms with Gasteiger partial charge in [-0.1, -0.05) is 6.07 Å². The maximum atomic E-state index is 11.2. The number of nitrogens with zero attached hydrogens (tertiary/aromatic N) is 4. The number of nitro benzene ring substituents is 1. The Morgan fingerprint density at radius 2 is 2.24 bits per heavy atom. The van der Waals surface area contributed by atoms with Crippen LogP contribution in [-0.2, 0) is 13.6 Å². The van der Waals surface area contributed by atoms with Crippen LogP contribution in [0.4, 0.5) is 11.4 Å². The Morgan fingerprint density at radius 3 is 2.76 bits per heavy atom. The third-order valence-electron chi connectivity index (χ3n) is 3.27. The van der Waals surface area contributed by atoms with Gasteiger partial charge in [0, 0.05) is 38.5 Å². The molecule has 1 N–H and O–H groups in total. The van der Waals surface area contributed by atoms with Crippen molar-refractivity contribution in [3.63, 3.8) is 0 Å². The molecule has 2 aromatic rings. The molecule has 0 spiro atoms. The number of aliphatic hydroxyl groups is 1. The van der Waals surface area contributed by atoms with Crippen LogP contribution in [0.1, 0.15) is 24.2 Å². The minimum atomic E-state index is -0.735. The van der Waals surface area contributed by atoms with E-state index in [0.717, 1.165) is 5.56 Å². The molecule has 112 valence electrons. The lowest BCUT2D eigenvalue weighted by Gasteiger charge is -2.19. The zero-order valence-electron chi connectivity index (χ0n) is 12.2. The summed E-state index contributed by atoms with van der Waals surface area (Å²) in [6.45, 7) is 2.10. The molecule has 0 aliphatic rings. The number of aliphatic hydroxyl groups excluding tert-OH is 1. The predicted octanol–water partition coefficient (Wildman–Crippen LogP) is 2.02. The molecule has 0 unspecified atom stereocenters. The third-order valence-corrected chi connectivity index (χ3v) is 3.27. The SMILES string of the molecule is C[C@@H](O)c1ccc(N(C)Cc2cnn(C)c2)c([N+](=O)[O-])c1. The predicted molar refractivity (Wildman–Crippen MR) is 79.0 cm³/mol. The van der Waals surface area contributed by atoms with E-state index < -0.39 is 11.0 Å². The standard InChI is InChI=1S/C14H18N4O3/c1-10(19)12-4-5-13(14(6-12)18(20)21)16(2)8-11-7-15-17(3)9-11/h4-7,9-10,19H,8H2,1-3H3/t10-/m1/s1. The Labute approximate surface area is 122 Å². The quantitative estimate of drug-likeness (QED) is 0.672. The van der Waals surface area contributed by atoms with Crippen molar-refractivity contribution in [2.24, 2.45) is 7.05 Å². The first-order chi connectivity index (χ1) is 9.88. The summed E-state index contributed by atoms with van der Waals surface area (Å²) >= 11 is 0. The van der Waals surface area contributed by atoms with E-state index in [4.69, 9.17) is 0 Å². The van der Waals surface area contributed by atoms with Crippen molar-refractivity contribution in [2.45, 2.75) is 19.6 Å². The van der Waals surface area contributed by atoms with Gasteiger partial charge >= 0.3 is 0 Å². The minimum absolute atomic E-state index is 0.0141. The van der Waals surface area contributed by atoms with Crippen LogP contribution in [0.15, 0.2) is 30.6 Å². The van der Waals surface area contributed by atoms with Crippen molar-refractivity contribution < 1.29 is 10.0 Å². The second kappa shape index (κ2) is 5.92. The van der Waals surface area contributed by atoms with Crippen LogP contribution in [0.5, 0.6) is 0 Å². The van der Waals surface area contributed by atoms with Gasteiger partial charge in [0.2, 0.25) is 0 Å². The Bertz CT molecular complexity index is 651. The monoisotopic (exact) mass is 290 g/mol. The molecule has 1 aromatic carbocycles. The first kappa shape index (κ1) is 15.0. The van der Waals surface area contributed by atoms with Crippen molar-refractivity contribution in [3.8, 4) is 0 Å². The van der Waals surface area contributed by atoms with Crippen molar-refractivity contribution in [2.75, 3.05) is 11.9 Å². The Morgan fingerprint density at radius 1 is 1.52 bits per heavy atom. The lowest BCUT2D eigenvalue weighted by molar-refractivity contribution is -0.384. The number of aryl methyl sites for hydroxylation is 1. The molecule has 0 fully saturated rings. The van der Waals surface area contributed by atoms with Crippen molar-refractivity contribution in [1.29, 1.82) is 0 Å². The molecule has 0 saturated carbocycles. The molecule has 7 heteroatoms. The number of rotatable bonds is 5. The van der Waals surface area contributed by atoms with E-state index in [1.165, 1.54) is 6.07 Å². The molecule has 0 saturated heterocycles. The molecule has 0 amide bonds. The van der Waals surface area contributed by atoms with E-state index in [-0.39, 0.29) is 5.69 Å². The molecule has 1 aromatic heterocycles. The zero-order chi connectivity index (χ0) is 15.6. The highest BCUT2D eigenvalue weighted by atomic mass is 16.6. The topological polar surface area (TPSA) is 84.4 Å². The number of hydrogen-bond acceptors (Lipinski definition) is 5. The summed E-state index contributed by atoms with van der Waals surface area (Å²) in [6, 6.07) is 4.78. The first-order valence-electron chi connectivity index (χ1n) is 6.53. The van der Waals surface area contributed by atoms with E-state index >= 15 is 0 Å². The Kier molecular flexibility index (Phi) is 4.23. The Balaban J connectivity index is 2.31. The van der Waals surface area contributed by atoms with Gasteiger partial charge in [0.15, 0.2) is 0 Å². The minimum Gasteiger partial charge on any atom is -0.389 e. The molecule has 0 aliphatic heterocycles. The average molecular weight is 290 g/mol. The number of nitro groups is 1. The molecule has 0 bridgehead atoms. The van der Waals surface area contributed by atoms with Crippen LogP contribution >= 0.6 is 0 Å². The Hall–Kier alpha value is -2.41. The largest absolute Gasteiger partial charge is 0.389 e. The van der Waals surface area contributed by atoms with Crippen molar-refractivity contribution in [3.05, 3.63) is 51.8 Å². The fourth-order valence-corrected chi connectivity index (χ4v) is 2.18. The van der Waals surface area contributed by atoms with Gasteiger partial charge in [0.25, 0.3) is 5.69 Å². The highest BCUT2D eigenvalue weighted by molar-refractivity contribution is 5.64. The molecular weight excluding hydrogens is 272 g/mol. The highest BCUT2D eigenvalue weighted by Crippen LogP contribution is 2.31. The smallest absolute Gasteiger partial charge is 0.292 e. The molecule has 0 radical (unpaired) electrons. The molecule has 7 nitrogen and oxygen atoms in total. The number of anilines is 1. The van der Waals surface area contributed by atoms with Crippen LogP contribution in [0, 0.1) is 10.1 Å². The van der Waals surface area contributed by atoms with Gasteiger partial charge in [-0.3, -0.25) is 14.8 Å². The van der Waals surface area contributed by atoms with Gasteiger partial charge in [-0.05, 0) is 18.6 Å². The lowest BCUT2D eigenvalue weighted by atomic mass is 10.1. The summed E-state index contributed by atoms with van der Waals surface area (Å²) in [7, 11) is 3.61. The van der Waals surface area contributed by atoms with Gasteiger partial charge < -0.3 is 10.0 Å². The number of benzene rings is 1. The maximum Gasteiger partial charge on any atom is 0.292 e. The molecule has 21 heavy (non-hydrogen) atoms. The second-order valence-corrected chi connectivity index (χ2v) is 5.06. The fraction of sp³-hybridized carbons (Fsp3) is 0.357. The van der Waals surface area contributed by atoms with Crippen LogP contribution in [0.25, 0.3) is 0 Å². The van der Waals surface area contributed by atoms with Gasteiger partial charge in [0.05, 0.1) is 17.2 Å². The summed E-state index contributed by atoms with van der Waals surface area (Å²) in [5.74, 6) is 0. The summed E-state index contributed by atoms with van der Waals surface area (Å²) < 4.78 is 1.69. The van der Waals surface area contributed by atoms with Gasteiger partial charge in [0.1, 0.15) is 5.69 Å². The average Bonchev–Trinajstić information content (AvgIpc) is 2.83. The lowest BCUT2D eigenvalue weighted by Crippen LogP contribution is -2.17. The third kappa shape index (κ3) is 3.38. The highest BCUT2D eigenvalue weighted by Gasteiger charge is 2.19. The summed E-state index contributed by atoms with van der Waals surface area (Å²) in [5, 5.41) is 24.9. The van der Waals surface area contributed by atoms with E-state index in [1.54, 1.807) is 41.9 Å². The molecule has 2 rings (SSSR count). The van der Waals surface area contributed by atoms with E-state index in [2.05, 4.69) is 5.10 Å². The molecule has 1 atom stereocenters. The van der Waals surface area contributed by atoms with Gasteiger partial charge in [-0.25, -0.2) is 0 Å². The second-order valence-electron chi connectivity index (χ2n) is 5.06. The van der Waals surface area contributed by atoms with E-state index in [1.807, 2.05) is 13.2 Å². The van der Waals surface area contributed by atoms with Crippen LogP contribution in [-0.4, -0.2) is 26.9 Å². The normalized spacial score (nSPS) is 12.2. The summed E-state index contributed by atoms with van der Waals surface area (Å²) in [4.78, 5) is 12.6. The van der Waals surface area contributed by atoms with E-state index in [9.17, 15) is 15.2 Å². The van der Waals surface area contributed by atoms with Gasteiger partial charge in [-0.15, -0.1) is 0 Å². The first-order valence-corrected chi connectivity index (χ1v) is 6.53. The van der Waals surface area contributed by atoms with Gasteiger partial charge in [-0.2, -0.15) is 5.10 Å². The maximum absolute atomic E-state index is 11.2. The molecule has 1 heterocycles. The number of hydrogen-bond donors (Lipinski definition) is 1. The van der Waals surface area contributed by atoms with Crippen LogP contribution in [0.2, 0.25) is 0 Å². The zero-order valence-corrected chi connectivity index (χ0v) is 12.2. The summed E-state index contributed by atoms with van der Waals surface area (Å²) in [6.07, 6.45) is 2.86. The summed E-state index contributed by atoms with van der Waals surface area (Å²) in [5.41, 5.74) is 1.99. The van der Waals surface area contributed by atoms with Crippen LogP contribution < -0.4 is 4.90 Å².